The van der Waals surface area contributed by atoms with Gasteiger partial charge < -0.3 is 14.9 Å². The Kier molecular flexibility index (Phi) is 5.81. The van der Waals surface area contributed by atoms with E-state index in [1.165, 1.54) is 4.90 Å². The molecule has 4 rings (SSSR count). The first-order chi connectivity index (χ1) is 14.9. The molecule has 1 heterocycles. The molecule has 0 aromatic heterocycles. The van der Waals surface area contributed by atoms with Crippen LogP contribution in [-0.4, -0.2) is 53.8 Å². The second-order valence-corrected chi connectivity index (χ2v) is 8.35. The summed E-state index contributed by atoms with van der Waals surface area (Å²) in [4.78, 5) is 29.4. The number of aliphatic hydroxyl groups excluding tert-OH is 1. The van der Waals surface area contributed by atoms with Crippen molar-refractivity contribution in [2.24, 2.45) is 0 Å². The average molecular weight is 435 g/mol. The van der Waals surface area contributed by atoms with E-state index in [-0.39, 0.29) is 11.3 Å². The summed E-state index contributed by atoms with van der Waals surface area (Å²) < 4.78 is 0. The predicted octanol–water partition coefficient (Wildman–Crippen LogP) is 4.48. The molecule has 1 amide bonds. The molecular weight excluding hydrogens is 412 g/mol. The topological polar surface area (TPSA) is 60.9 Å². The Morgan fingerprint density at radius 3 is 2.35 bits per heavy atom. The normalized spacial score (nSPS) is 18.3. The van der Waals surface area contributed by atoms with Gasteiger partial charge in [-0.3, -0.25) is 9.59 Å². The molecule has 3 aromatic carbocycles. The van der Waals surface area contributed by atoms with Crippen LogP contribution < -0.4 is 0 Å². The van der Waals surface area contributed by atoms with Crippen LogP contribution in [0, 0.1) is 0 Å². The smallest absolute Gasteiger partial charge is 0.295 e. The fourth-order valence-electron chi connectivity index (χ4n) is 3.90. The van der Waals surface area contributed by atoms with Gasteiger partial charge >= 0.3 is 0 Å². The maximum absolute atomic E-state index is 13.0. The number of likely N-dealkylation sites (tertiary alicyclic amines) is 1. The summed E-state index contributed by atoms with van der Waals surface area (Å²) in [5.74, 6) is -1.45. The van der Waals surface area contributed by atoms with E-state index in [4.69, 9.17) is 11.6 Å². The van der Waals surface area contributed by atoms with Crippen LogP contribution in [0.15, 0.2) is 72.3 Å². The fraction of sp³-hybridized carbons (Fsp3) is 0.200. The molecule has 1 fully saturated rings. The minimum Gasteiger partial charge on any atom is -0.507 e. The van der Waals surface area contributed by atoms with Gasteiger partial charge in [-0.2, -0.15) is 0 Å². The van der Waals surface area contributed by atoms with Gasteiger partial charge in [0.05, 0.1) is 11.6 Å². The maximum Gasteiger partial charge on any atom is 0.295 e. The second-order valence-electron chi connectivity index (χ2n) is 7.91. The van der Waals surface area contributed by atoms with Gasteiger partial charge in [-0.05, 0) is 48.6 Å². The van der Waals surface area contributed by atoms with Crippen molar-refractivity contribution in [2.75, 3.05) is 27.2 Å². The van der Waals surface area contributed by atoms with Crippen LogP contribution >= 0.6 is 11.6 Å². The molecule has 1 aliphatic rings. The molecule has 0 saturated carbocycles. The highest BCUT2D eigenvalue weighted by molar-refractivity contribution is 6.46. The van der Waals surface area contributed by atoms with Crippen molar-refractivity contribution >= 4 is 39.8 Å². The largest absolute Gasteiger partial charge is 0.507 e. The van der Waals surface area contributed by atoms with Crippen molar-refractivity contribution in [1.29, 1.82) is 0 Å². The van der Waals surface area contributed by atoms with Crippen LogP contribution in [0.2, 0.25) is 5.02 Å². The van der Waals surface area contributed by atoms with E-state index in [1.54, 1.807) is 30.3 Å². The van der Waals surface area contributed by atoms with Crippen molar-refractivity contribution in [3.05, 3.63) is 88.5 Å². The van der Waals surface area contributed by atoms with Gasteiger partial charge in [-0.15, -0.1) is 0 Å². The minimum atomic E-state index is -0.677. The van der Waals surface area contributed by atoms with Crippen molar-refractivity contribution < 1.29 is 14.7 Å². The Balaban J connectivity index is 1.86. The van der Waals surface area contributed by atoms with Crippen LogP contribution in [0.4, 0.5) is 0 Å². The number of fused-ring (bicyclic) bond motifs is 1. The Morgan fingerprint density at radius 2 is 1.68 bits per heavy atom. The lowest BCUT2D eigenvalue weighted by molar-refractivity contribution is -0.140. The van der Waals surface area contributed by atoms with Crippen molar-refractivity contribution in [1.82, 2.24) is 9.80 Å². The number of Topliss-reactive ketones (excluding diaryl/α,β-unsaturated/α-hetero) is 1. The third-order valence-corrected chi connectivity index (χ3v) is 5.79. The molecule has 5 nitrogen and oxygen atoms in total. The summed E-state index contributed by atoms with van der Waals surface area (Å²) in [5.41, 5.74) is 1.33. The highest BCUT2D eigenvalue weighted by Crippen LogP contribution is 2.39. The zero-order valence-corrected chi connectivity index (χ0v) is 18.1. The van der Waals surface area contributed by atoms with Crippen LogP contribution in [0.5, 0.6) is 0 Å². The Hall–Kier alpha value is -3.15. The second kappa shape index (κ2) is 8.53. The number of amides is 1. The van der Waals surface area contributed by atoms with Gasteiger partial charge in [-0.1, -0.05) is 60.1 Å². The lowest BCUT2D eigenvalue weighted by atomic mass is 9.94. The zero-order valence-electron chi connectivity index (χ0n) is 17.4. The molecular formula is C25H23ClN2O3. The average Bonchev–Trinajstić information content (AvgIpc) is 3.02. The molecule has 1 atom stereocenters. The number of halogens is 1. The third-order valence-electron chi connectivity index (χ3n) is 5.54. The molecule has 1 unspecified atom stereocenters. The van der Waals surface area contributed by atoms with Gasteiger partial charge in [0.2, 0.25) is 0 Å². The number of carbonyl (C=O) groups excluding carboxylic acids is 2. The number of hydrogen-bond acceptors (Lipinski definition) is 4. The highest BCUT2D eigenvalue weighted by Gasteiger charge is 2.45. The summed E-state index contributed by atoms with van der Waals surface area (Å²) in [6.07, 6.45) is 0. The molecule has 1 saturated heterocycles. The lowest BCUT2D eigenvalue weighted by Crippen LogP contribution is -2.35. The quantitative estimate of drug-likeness (QED) is 0.365. The first kappa shape index (κ1) is 21.1. The molecule has 0 aliphatic carbocycles. The number of carbonyl (C=O) groups is 2. The van der Waals surface area contributed by atoms with Gasteiger partial charge in [0.25, 0.3) is 11.7 Å². The van der Waals surface area contributed by atoms with Crippen molar-refractivity contribution in [3.63, 3.8) is 0 Å². The maximum atomic E-state index is 13.0. The van der Waals surface area contributed by atoms with E-state index in [9.17, 15) is 14.7 Å². The number of benzene rings is 3. The molecule has 158 valence electrons. The first-order valence-corrected chi connectivity index (χ1v) is 10.4. The Labute approximate surface area is 186 Å². The van der Waals surface area contributed by atoms with E-state index in [2.05, 4.69) is 0 Å². The van der Waals surface area contributed by atoms with Crippen LogP contribution in [0.3, 0.4) is 0 Å². The summed E-state index contributed by atoms with van der Waals surface area (Å²) in [7, 11) is 3.81. The number of ketones is 1. The van der Waals surface area contributed by atoms with Crippen LogP contribution in [0.1, 0.15) is 17.2 Å². The van der Waals surface area contributed by atoms with Gasteiger partial charge in [0.15, 0.2) is 0 Å². The molecule has 1 aliphatic heterocycles. The summed E-state index contributed by atoms with van der Waals surface area (Å²) >= 11 is 6.05. The number of rotatable bonds is 5. The van der Waals surface area contributed by atoms with E-state index < -0.39 is 17.7 Å². The molecule has 6 heteroatoms. The zero-order chi connectivity index (χ0) is 22.1. The molecule has 3 aromatic rings. The van der Waals surface area contributed by atoms with Gasteiger partial charge in [-0.25, -0.2) is 0 Å². The number of hydrogen-bond donors (Lipinski definition) is 1. The van der Waals surface area contributed by atoms with Crippen molar-refractivity contribution in [2.45, 2.75) is 6.04 Å². The summed E-state index contributed by atoms with van der Waals surface area (Å²) in [5, 5.41) is 13.7. The number of aliphatic hydroxyl groups is 1. The third kappa shape index (κ3) is 4.07. The molecule has 1 N–H and O–H groups in total. The summed E-state index contributed by atoms with van der Waals surface area (Å²) in [6, 6.07) is 19.6. The van der Waals surface area contributed by atoms with E-state index in [0.717, 1.165) is 16.3 Å². The van der Waals surface area contributed by atoms with Crippen molar-refractivity contribution in [3.8, 4) is 0 Å². The van der Waals surface area contributed by atoms with Crippen LogP contribution in [0.25, 0.3) is 16.5 Å². The van der Waals surface area contributed by atoms with E-state index in [1.807, 2.05) is 55.4 Å². The lowest BCUT2D eigenvalue weighted by Gasteiger charge is -2.26. The molecule has 0 bridgehead atoms. The monoisotopic (exact) mass is 434 g/mol. The van der Waals surface area contributed by atoms with Crippen LogP contribution in [-0.2, 0) is 9.59 Å². The first-order valence-electron chi connectivity index (χ1n) is 10.0. The molecule has 0 spiro atoms. The number of nitrogens with zero attached hydrogens (tertiary/aromatic N) is 2. The standard InChI is InChI=1S/C25H23ClN2O3/c1-27(2)13-14-28-22(17-9-11-20(26)12-10-17)21(24(30)25(28)31)23(29)19-8-7-16-5-3-4-6-18(16)15-19/h3-12,15,22,29H,13-14H2,1-2H3/b23-21-. The highest BCUT2D eigenvalue weighted by atomic mass is 35.5. The van der Waals surface area contributed by atoms with E-state index in [0.29, 0.717) is 23.7 Å². The van der Waals surface area contributed by atoms with E-state index >= 15 is 0 Å². The molecule has 31 heavy (non-hydrogen) atoms. The summed E-state index contributed by atoms with van der Waals surface area (Å²) in [6.45, 7) is 0.951. The number of likely N-dealkylation sites (N-methyl/N-ethyl adjacent to an activating group) is 1. The SMILES string of the molecule is CN(C)CCN1C(=O)C(=O)/C(=C(\O)c2ccc3ccccc3c2)C1c1ccc(Cl)cc1. The Morgan fingerprint density at radius 1 is 1.00 bits per heavy atom. The van der Waals surface area contributed by atoms with Gasteiger partial charge in [0, 0.05) is 23.7 Å². The fourth-order valence-corrected chi connectivity index (χ4v) is 4.03. The van der Waals surface area contributed by atoms with Gasteiger partial charge in [0.1, 0.15) is 5.76 Å². The predicted molar refractivity (Wildman–Crippen MR) is 123 cm³/mol. The Bertz CT molecular complexity index is 1180. The minimum absolute atomic E-state index is 0.0985. The molecule has 0 radical (unpaired) electrons.